The molecule has 0 amide bonds. The van der Waals surface area contributed by atoms with Crippen LogP contribution in [-0.2, 0) is 6.54 Å². The van der Waals surface area contributed by atoms with Crippen molar-refractivity contribution in [3.63, 3.8) is 0 Å². The average molecular weight is 295 g/mol. The number of fused-ring (bicyclic) bond motifs is 1. The van der Waals surface area contributed by atoms with Crippen LogP contribution in [0.25, 0.3) is 22.3 Å². The van der Waals surface area contributed by atoms with Crippen LogP contribution in [0.5, 0.6) is 5.75 Å². The molecule has 0 unspecified atom stereocenters. The molecule has 0 atom stereocenters. The van der Waals surface area contributed by atoms with Crippen molar-refractivity contribution in [1.29, 1.82) is 0 Å². The molecule has 0 aliphatic heterocycles. The lowest BCUT2D eigenvalue weighted by Crippen LogP contribution is -1.96. The van der Waals surface area contributed by atoms with Crippen molar-refractivity contribution in [2.24, 2.45) is 0 Å². The van der Waals surface area contributed by atoms with Gasteiger partial charge in [0.2, 0.25) is 0 Å². The number of methoxy groups -OCH3 is 1. The smallest absolute Gasteiger partial charge is 0.181 e. The van der Waals surface area contributed by atoms with E-state index in [9.17, 15) is 0 Å². The van der Waals surface area contributed by atoms with Gasteiger partial charge in [-0.05, 0) is 62.6 Å². The molecule has 3 rings (SSSR count). The Kier molecular flexibility index (Phi) is 3.61. The summed E-state index contributed by atoms with van der Waals surface area (Å²) in [5.74, 6) is 0.911. The minimum atomic E-state index is 0.810. The van der Waals surface area contributed by atoms with Gasteiger partial charge in [-0.25, -0.2) is 4.98 Å². The van der Waals surface area contributed by atoms with Gasteiger partial charge in [-0.15, -0.1) is 0 Å². The number of nitrogens with zero attached hydrogens (tertiary/aromatic N) is 3. The third-order valence-electron chi connectivity index (χ3n) is 4.30. The predicted octanol–water partition coefficient (Wildman–Crippen LogP) is 4.05. The lowest BCUT2D eigenvalue weighted by atomic mass is 9.98. The molecule has 4 nitrogen and oxygen atoms in total. The van der Waals surface area contributed by atoms with E-state index in [4.69, 9.17) is 9.72 Å². The summed E-state index contributed by atoms with van der Waals surface area (Å²) in [6.45, 7) is 9.24. The Morgan fingerprint density at radius 3 is 2.59 bits per heavy atom. The summed E-state index contributed by atoms with van der Waals surface area (Å²) in [6, 6.07) is 6.22. The van der Waals surface area contributed by atoms with Gasteiger partial charge >= 0.3 is 0 Å². The number of hydrogen-bond acceptors (Lipinski definition) is 3. The van der Waals surface area contributed by atoms with E-state index in [0.29, 0.717) is 0 Å². The average Bonchev–Trinajstić information content (AvgIpc) is 2.93. The van der Waals surface area contributed by atoms with E-state index in [0.717, 1.165) is 40.1 Å². The Hall–Kier alpha value is -2.36. The second-order valence-electron chi connectivity index (χ2n) is 5.61. The van der Waals surface area contributed by atoms with Gasteiger partial charge in [0.15, 0.2) is 5.65 Å². The summed E-state index contributed by atoms with van der Waals surface area (Å²) < 4.78 is 7.32. The third-order valence-corrected chi connectivity index (χ3v) is 4.30. The molecule has 2 aromatic heterocycles. The van der Waals surface area contributed by atoms with Gasteiger partial charge in [0.05, 0.1) is 12.8 Å². The molecule has 0 spiro atoms. The summed E-state index contributed by atoms with van der Waals surface area (Å²) in [5, 5.41) is 5.66. The van der Waals surface area contributed by atoms with Gasteiger partial charge in [-0.2, -0.15) is 5.10 Å². The molecular weight excluding hydrogens is 274 g/mol. The molecule has 2 heterocycles. The van der Waals surface area contributed by atoms with E-state index >= 15 is 0 Å². The van der Waals surface area contributed by atoms with Crippen molar-refractivity contribution in [2.75, 3.05) is 7.11 Å². The minimum absolute atomic E-state index is 0.810. The summed E-state index contributed by atoms with van der Waals surface area (Å²) in [5.41, 5.74) is 6.46. The van der Waals surface area contributed by atoms with Crippen LogP contribution in [0.4, 0.5) is 0 Å². The second kappa shape index (κ2) is 5.44. The third kappa shape index (κ3) is 2.25. The first kappa shape index (κ1) is 14.6. The highest BCUT2D eigenvalue weighted by Crippen LogP contribution is 2.31. The van der Waals surface area contributed by atoms with Crippen LogP contribution >= 0.6 is 0 Å². The van der Waals surface area contributed by atoms with E-state index in [1.807, 2.05) is 10.7 Å². The highest BCUT2D eigenvalue weighted by molar-refractivity contribution is 5.82. The molecule has 4 heteroatoms. The van der Waals surface area contributed by atoms with Crippen LogP contribution in [0.1, 0.15) is 23.6 Å². The molecule has 0 aliphatic rings. The Morgan fingerprint density at radius 2 is 1.91 bits per heavy atom. The van der Waals surface area contributed by atoms with Crippen LogP contribution in [0.15, 0.2) is 24.4 Å². The predicted molar refractivity (Wildman–Crippen MR) is 89.4 cm³/mol. The van der Waals surface area contributed by atoms with Crippen LogP contribution in [0.2, 0.25) is 0 Å². The SMILES string of the molecule is CCn1cc2c(C)cc(-c3ccc(OC)c(C)c3C)nc2n1. The Morgan fingerprint density at radius 1 is 1.14 bits per heavy atom. The fourth-order valence-electron chi connectivity index (χ4n) is 2.80. The maximum Gasteiger partial charge on any atom is 0.181 e. The zero-order valence-corrected chi connectivity index (χ0v) is 13.8. The molecule has 0 fully saturated rings. The first-order valence-corrected chi connectivity index (χ1v) is 7.54. The van der Waals surface area contributed by atoms with Gasteiger partial charge in [-0.3, -0.25) is 4.68 Å². The van der Waals surface area contributed by atoms with Crippen LogP contribution in [0.3, 0.4) is 0 Å². The maximum atomic E-state index is 5.39. The quantitative estimate of drug-likeness (QED) is 0.731. The van der Waals surface area contributed by atoms with Crippen LogP contribution < -0.4 is 4.74 Å². The fourth-order valence-corrected chi connectivity index (χ4v) is 2.80. The number of aryl methyl sites for hydroxylation is 2. The largest absolute Gasteiger partial charge is 0.496 e. The highest BCUT2D eigenvalue weighted by Gasteiger charge is 2.13. The normalized spacial score (nSPS) is 11.1. The van der Waals surface area contributed by atoms with E-state index in [1.165, 1.54) is 11.1 Å². The number of ether oxygens (including phenoxy) is 1. The van der Waals surface area contributed by atoms with Crippen molar-refractivity contribution in [1.82, 2.24) is 14.8 Å². The van der Waals surface area contributed by atoms with Crippen LogP contribution in [-0.4, -0.2) is 21.9 Å². The summed E-state index contributed by atoms with van der Waals surface area (Å²) >= 11 is 0. The molecule has 0 N–H and O–H groups in total. The number of aromatic nitrogens is 3. The number of hydrogen-bond donors (Lipinski definition) is 0. The molecule has 3 aromatic rings. The van der Waals surface area contributed by atoms with E-state index < -0.39 is 0 Å². The first-order chi connectivity index (χ1) is 10.5. The topological polar surface area (TPSA) is 39.9 Å². The Bertz CT molecular complexity index is 849. The Balaban J connectivity index is 2.20. The maximum absolute atomic E-state index is 5.39. The number of benzene rings is 1. The highest BCUT2D eigenvalue weighted by atomic mass is 16.5. The van der Waals surface area contributed by atoms with Gasteiger partial charge in [0.1, 0.15) is 5.75 Å². The summed E-state index contributed by atoms with van der Waals surface area (Å²) in [6.07, 6.45) is 2.06. The van der Waals surface area contributed by atoms with Crippen molar-refractivity contribution in [2.45, 2.75) is 34.2 Å². The standard InChI is InChI=1S/C18H21N3O/c1-6-21-10-15-11(2)9-16(19-18(15)20-21)14-7-8-17(22-5)13(4)12(14)3/h7-10H,6H2,1-5H3. The van der Waals surface area contributed by atoms with Crippen molar-refractivity contribution >= 4 is 11.0 Å². The molecule has 0 aliphatic carbocycles. The van der Waals surface area contributed by atoms with Crippen molar-refractivity contribution in [3.05, 3.63) is 41.1 Å². The van der Waals surface area contributed by atoms with Crippen LogP contribution in [0, 0.1) is 20.8 Å². The minimum Gasteiger partial charge on any atom is -0.496 e. The zero-order valence-electron chi connectivity index (χ0n) is 13.8. The molecule has 0 bridgehead atoms. The van der Waals surface area contributed by atoms with Gasteiger partial charge < -0.3 is 4.74 Å². The van der Waals surface area contributed by atoms with Crippen molar-refractivity contribution < 1.29 is 4.74 Å². The number of pyridine rings is 1. The second-order valence-corrected chi connectivity index (χ2v) is 5.61. The molecule has 0 saturated heterocycles. The van der Waals surface area contributed by atoms with Gasteiger partial charge in [0, 0.05) is 23.7 Å². The van der Waals surface area contributed by atoms with E-state index in [1.54, 1.807) is 7.11 Å². The zero-order chi connectivity index (χ0) is 15.9. The fraction of sp³-hybridized carbons (Fsp3) is 0.333. The molecule has 1 aromatic carbocycles. The molecule has 22 heavy (non-hydrogen) atoms. The van der Waals surface area contributed by atoms with Gasteiger partial charge in [0.25, 0.3) is 0 Å². The first-order valence-electron chi connectivity index (χ1n) is 7.54. The van der Waals surface area contributed by atoms with Crippen molar-refractivity contribution in [3.8, 4) is 17.0 Å². The molecular formula is C18H21N3O. The van der Waals surface area contributed by atoms with E-state index in [2.05, 4.69) is 51.1 Å². The summed E-state index contributed by atoms with van der Waals surface area (Å²) in [7, 11) is 1.70. The molecule has 0 saturated carbocycles. The summed E-state index contributed by atoms with van der Waals surface area (Å²) in [4.78, 5) is 4.76. The lowest BCUT2D eigenvalue weighted by Gasteiger charge is -2.12. The Labute approximate surface area is 130 Å². The van der Waals surface area contributed by atoms with Gasteiger partial charge in [-0.1, -0.05) is 0 Å². The lowest BCUT2D eigenvalue weighted by molar-refractivity contribution is 0.411. The molecule has 0 radical (unpaired) electrons. The molecule has 114 valence electrons. The monoisotopic (exact) mass is 295 g/mol. The van der Waals surface area contributed by atoms with E-state index in [-0.39, 0.29) is 0 Å². The number of rotatable bonds is 3.